The van der Waals surface area contributed by atoms with Crippen LogP contribution in [-0.4, -0.2) is 40.5 Å². The van der Waals surface area contributed by atoms with Gasteiger partial charge in [-0.15, -0.1) is 0 Å². The Morgan fingerprint density at radius 3 is 2.31 bits per heavy atom. The van der Waals surface area contributed by atoms with Gasteiger partial charge in [0.2, 0.25) is 0 Å². The van der Waals surface area contributed by atoms with Crippen molar-refractivity contribution in [1.82, 2.24) is 9.97 Å². The van der Waals surface area contributed by atoms with Crippen molar-refractivity contribution < 1.29 is 23.9 Å². The van der Waals surface area contributed by atoms with Gasteiger partial charge in [0.15, 0.2) is 6.10 Å². The lowest BCUT2D eigenvalue weighted by molar-refractivity contribution is -0.124. The number of hydrogen-bond acceptors (Lipinski definition) is 6. The van der Waals surface area contributed by atoms with E-state index >= 15 is 0 Å². The third-order valence-corrected chi connectivity index (χ3v) is 5.34. The molecule has 178 valence electrons. The Labute approximate surface area is 202 Å². The Bertz CT molecular complexity index is 1350. The van der Waals surface area contributed by atoms with E-state index in [4.69, 9.17) is 9.47 Å². The van der Waals surface area contributed by atoms with Crippen LogP contribution in [0.4, 0.5) is 5.69 Å². The summed E-state index contributed by atoms with van der Waals surface area (Å²) < 4.78 is 10.4. The van der Waals surface area contributed by atoms with E-state index in [2.05, 4.69) is 15.3 Å². The quantitative estimate of drug-likeness (QED) is 0.351. The number of ether oxygens (including phenoxy) is 2. The fourth-order valence-corrected chi connectivity index (χ4v) is 3.52. The number of carbonyl (C=O) groups is 3. The molecule has 35 heavy (non-hydrogen) atoms. The third-order valence-electron chi connectivity index (χ3n) is 5.34. The normalized spacial score (nSPS) is 11.6. The molecule has 8 heteroatoms. The van der Waals surface area contributed by atoms with Gasteiger partial charge in [-0.2, -0.15) is 0 Å². The maximum absolute atomic E-state index is 12.8. The summed E-state index contributed by atoms with van der Waals surface area (Å²) in [5.74, 6) is -0.803. The van der Waals surface area contributed by atoms with E-state index in [9.17, 15) is 14.4 Å². The summed E-state index contributed by atoms with van der Waals surface area (Å²) in [5, 5.41) is 2.71. The molecule has 1 heterocycles. The minimum absolute atomic E-state index is 0.280. The maximum atomic E-state index is 12.8. The number of carbonyl (C=O) groups excluding carboxylic acids is 3. The predicted molar refractivity (Wildman–Crippen MR) is 132 cm³/mol. The van der Waals surface area contributed by atoms with Gasteiger partial charge in [-0.1, -0.05) is 37.3 Å². The zero-order chi connectivity index (χ0) is 24.8. The highest BCUT2D eigenvalue weighted by Crippen LogP contribution is 2.22. The Balaban J connectivity index is 1.43. The number of anilines is 1. The number of aromatic nitrogens is 2. The number of hydrogen-bond donors (Lipinski definition) is 2. The highest BCUT2D eigenvalue weighted by Gasteiger charge is 2.23. The second-order valence-corrected chi connectivity index (χ2v) is 7.77. The second-order valence-electron chi connectivity index (χ2n) is 7.77. The number of nitrogens with zero attached hydrogens (tertiary/aromatic N) is 1. The first-order valence-corrected chi connectivity index (χ1v) is 11.3. The first kappa shape index (κ1) is 23.7. The zero-order valence-electron chi connectivity index (χ0n) is 19.4. The van der Waals surface area contributed by atoms with E-state index in [1.165, 1.54) is 0 Å². The van der Waals surface area contributed by atoms with Crippen LogP contribution in [0.3, 0.4) is 0 Å². The van der Waals surface area contributed by atoms with Crippen LogP contribution in [0.2, 0.25) is 0 Å². The molecule has 0 radical (unpaired) electrons. The summed E-state index contributed by atoms with van der Waals surface area (Å²) in [5.41, 5.74) is 3.52. The molecule has 2 N–H and O–H groups in total. The van der Waals surface area contributed by atoms with E-state index in [0.29, 0.717) is 34.6 Å². The molecule has 4 rings (SSSR count). The van der Waals surface area contributed by atoms with E-state index < -0.39 is 23.9 Å². The van der Waals surface area contributed by atoms with E-state index in [0.717, 1.165) is 11.1 Å². The summed E-state index contributed by atoms with van der Waals surface area (Å²) in [4.78, 5) is 45.0. The topological polar surface area (TPSA) is 110 Å². The van der Waals surface area contributed by atoms with Gasteiger partial charge < -0.3 is 19.8 Å². The molecule has 8 nitrogen and oxygen atoms in total. The fraction of sp³-hybridized carbons (Fsp3) is 0.185. The van der Waals surface area contributed by atoms with Crippen molar-refractivity contribution in [3.63, 3.8) is 0 Å². The molecule has 0 aliphatic rings. The Kier molecular flexibility index (Phi) is 7.21. The number of benzene rings is 3. The lowest BCUT2D eigenvalue weighted by Crippen LogP contribution is -2.32. The van der Waals surface area contributed by atoms with E-state index in [1.54, 1.807) is 56.3 Å². The van der Waals surface area contributed by atoms with Crippen molar-refractivity contribution in [2.75, 3.05) is 11.9 Å². The molecule has 1 unspecified atom stereocenters. The van der Waals surface area contributed by atoms with Crippen LogP contribution in [0.15, 0.2) is 72.8 Å². The second kappa shape index (κ2) is 10.6. The Hall–Kier alpha value is -4.46. The summed E-state index contributed by atoms with van der Waals surface area (Å²) in [6, 6.07) is 21.0. The SMILES string of the molecule is CCOC(=O)c1ccc(NC(=O)C(CC)OC(=O)c2ccc3nc(-c4ccccc4)[nH]c3c2)cc1. The number of H-pyrrole nitrogens is 1. The molecule has 0 aliphatic carbocycles. The molecule has 4 aromatic rings. The van der Waals surface area contributed by atoms with E-state index in [1.807, 2.05) is 30.3 Å². The van der Waals surface area contributed by atoms with Crippen molar-refractivity contribution in [2.45, 2.75) is 26.4 Å². The number of nitrogens with one attached hydrogen (secondary N) is 2. The number of esters is 2. The molecule has 0 aliphatic heterocycles. The van der Waals surface area contributed by atoms with Gasteiger partial charge in [-0.25, -0.2) is 14.6 Å². The van der Waals surface area contributed by atoms with Crippen molar-refractivity contribution in [2.24, 2.45) is 0 Å². The van der Waals surface area contributed by atoms with Crippen LogP contribution in [0.5, 0.6) is 0 Å². The van der Waals surface area contributed by atoms with Crippen LogP contribution in [0.1, 0.15) is 41.0 Å². The molecule has 3 aromatic carbocycles. The molecule has 0 saturated carbocycles. The average Bonchev–Trinajstić information content (AvgIpc) is 3.31. The first-order valence-electron chi connectivity index (χ1n) is 11.3. The minimum Gasteiger partial charge on any atom is -0.462 e. The zero-order valence-corrected chi connectivity index (χ0v) is 19.4. The number of fused-ring (bicyclic) bond motifs is 1. The van der Waals surface area contributed by atoms with Gasteiger partial charge >= 0.3 is 11.9 Å². The van der Waals surface area contributed by atoms with Crippen molar-refractivity contribution in [1.29, 1.82) is 0 Å². The maximum Gasteiger partial charge on any atom is 0.338 e. The van der Waals surface area contributed by atoms with Crippen molar-refractivity contribution >= 4 is 34.6 Å². The van der Waals surface area contributed by atoms with E-state index in [-0.39, 0.29) is 6.61 Å². The van der Waals surface area contributed by atoms with Crippen LogP contribution in [-0.2, 0) is 14.3 Å². The molecular formula is C27H25N3O5. The molecule has 0 spiro atoms. The first-order chi connectivity index (χ1) is 17.0. The van der Waals surface area contributed by atoms with Crippen LogP contribution in [0, 0.1) is 0 Å². The monoisotopic (exact) mass is 471 g/mol. The standard InChI is InChI=1S/C27H25N3O5/c1-3-23(25(31)28-20-13-10-18(11-14-20)26(32)34-4-2)35-27(33)19-12-15-21-22(16-19)30-24(29-21)17-8-6-5-7-9-17/h5-16,23H,3-4H2,1-2H3,(H,28,31)(H,29,30). The number of aromatic amines is 1. The molecule has 1 atom stereocenters. The van der Waals surface area contributed by atoms with Crippen molar-refractivity contribution in [3.05, 3.63) is 83.9 Å². The molecule has 0 bridgehead atoms. The number of imidazole rings is 1. The largest absolute Gasteiger partial charge is 0.462 e. The van der Waals surface area contributed by atoms with Gasteiger partial charge in [0.05, 0.1) is 28.8 Å². The summed E-state index contributed by atoms with van der Waals surface area (Å²) in [7, 11) is 0. The third kappa shape index (κ3) is 5.55. The minimum atomic E-state index is -0.982. The molecular weight excluding hydrogens is 446 g/mol. The number of amides is 1. The highest BCUT2D eigenvalue weighted by atomic mass is 16.5. The fourth-order valence-electron chi connectivity index (χ4n) is 3.52. The van der Waals surface area contributed by atoms with Gasteiger partial charge in [0.25, 0.3) is 5.91 Å². The molecule has 0 fully saturated rings. The lowest BCUT2D eigenvalue weighted by Gasteiger charge is -2.16. The van der Waals surface area contributed by atoms with Gasteiger partial charge in [-0.3, -0.25) is 4.79 Å². The van der Waals surface area contributed by atoms with Crippen molar-refractivity contribution in [3.8, 4) is 11.4 Å². The Morgan fingerprint density at radius 2 is 1.63 bits per heavy atom. The van der Waals surface area contributed by atoms with Crippen LogP contribution in [0.25, 0.3) is 22.4 Å². The number of rotatable bonds is 8. The van der Waals surface area contributed by atoms with Crippen LogP contribution >= 0.6 is 0 Å². The smallest absolute Gasteiger partial charge is 0.338 e. The predicted octanol–water partition coefficient (Wildman–Crippen LogP) is 4.98. The summed E-state index contributed by atoms with van der Waals surface area (Å²) in [6.45, 7) is 3.77. The molecule has 0 saturated heterocycles. The molecule has 1 amide bonds. The van der Waals surface area contributed by atoms with Gasteiger partial charge in [0.1, 0.15) is 5.82 Å². The van der Waals surface area contributed by atoms with Crippen LogP contribution < -0.4 is 5.32 Å². The molecule has 1 aromatic heterocycles. The lowest BCUT2D eigenvalue weighted by atomic mass is 10.2. The van der Waals surface area contributed by atoms with Gasteiger partial charge in [0, 0.05) is 11.3 Å². The average molecular weight is 472 g/mol. The summed E-state index contributed by atoms with van der Waals surface area (Å²) >= 11 is 0. The highest BCUT2D eigenvalue weighted by molar-refractivity contribution is 5.99. The van der Waals surface area contributed by atoms with Gasteiger partial charge in [-0.05, 0) is 55.8 Å². The Morgan fingerprint density at radius 1 is 0.914 bits per heavy atom. The summed E-state index contributed by atoms with van der Waals surface area (Å²) in [6.07, 6.45) is -0.687.